The van der Waals surface area contributed by atoms with Crippen LogP contribution in [0.4, 0.5) is 5.69 Å². The van der Waals surface area contributed by atoms with Gasteiger partial charge in [-0.1, -0.05) is 0 Å². The van der Waals surface area contributed by atoms with Gasteiger partial charge in [0.2, 0.25) is 9.84 Å². The van der Waals surface area contributed by atoms with E-state index in [0.717, 1.165) is 6.07 Å². The molecular weight excluding hydrogens is 258 g/mol. The van der Waals surface area contributed by atoms with Crippen molar-refractivity contribution in [3.63, 3.8) is 0 Å². The fraction of sp³-hybridized carbons (Fsp3) is 0.273. The van der Waals surface area contributed by atoms with Crippen molar-refractivity contribution < 1.29 is 23.1 Å². The van der Waals surface area contributed by atoms with Gasteiger partial charge in [-0.15, -0.1) is 0 Å². The molecule has 1 aromatic carbocycles. The van der Waals surface area contributed by atoms with Crippen LogP contribution in [0.2, 0.25) is 0 Å². The summed E-state index contributed by atoms with van der Waals surface area (Å²) in [6.45, 7) is 2.92. The van der Waals surface area contributed by atoms with Crippen LogP contribution >= 0.6 is 0 Å². The molecule has 0 saturated heterocycles. The van der Waals surface area contributed by atoms with Crippen LogP contribution in [0, 0.1) is 0 Å². The van der Waals surface area contributed by atoms with Gasteiger partial charge in [0.25, 0.3) is 5.12 Å². The van der Waals surface area contributed by atoms with E-state index in [0.29, 0.717) is 0 Å². The molecule has 0 atom stereocenters. The minimum Gasteiger partial charge on any atom is -0.478 e. The van der Waals surface area contributed by atoms with Crippen LogP contribution in [0.1, 0.15) is 24.2 Å². The van der Waals surface area contributed by atoms with Crippen molar-refractivity contribution in [2.45, 2.75) is 24.3 Å². The molecule has 0 radical (unpaired) electrons. The molecule has 2 N–H and O–H groups in total. The Kier molecular flexibility index (Phi) is 2.48. The standard InChI is InChI=1S/C11H11NO5S/c1-11(2)10(15)18(16,17)8-5-6(9(13)14)3-4-7(8)12-11/h3-5,12H,1-2H3,(H,13,14). The topological polar surface area (TPSA) is 101 Å². The van der Waals surface area contributed by atoms with E-state index in [2.05, 4.69) is 5.32 Å². The SMILES string of the molecule is CC1(C)Nc2ccc(C(=O)O)cc2S(=O)(=O)C1=O. The Labute approximate surface area is 104 Å². The van der Waals surface area contributed by atoms with Crippen molar-refractivity contribution >= 4 is 26.6 Å². The van der Waals surface area contributed by atoms with Gasteiger partial charge in [-0.25, -0.2) is 13.2 Å². The van der Waals surface area contributed by atoms with Gasteiger partial charge in [0.05, 0.1) is 16.1 Å². The molecule has 0 unspecified atom stereocenters. The Bertz CT molecular complexity index is 660. The maximum Gasteiger partial charge on any atom is 0.335 e. The lowest BCUT2D eigenvalue weighted by Crippen LogP contribution is -2.48. The van der Waals surface area contributed by atoms with E-state index in [9.17, 15) is 18.0 Å². The number of carbonyl (C=O) groups excluding carboxylic acids is 1. The number of rotatable bonds is 1. The molecule has 0 saturated carbocycles. The maximum absolute atomic E-state index is 12.0. The van der Waals surface area contributed by atoms with Crippen LogP contribution in [0.15, 0.2) is 23.1 Å². The fourth-order valence-electron chi connectivity index (χ4n) is 1.80. The van der Waals surface area contributed by atoms with E-state index >= 15 is 0 Å². The molecule has 0 fully saturated rings. The second-order valence-electron chi connectivity index (χ2n) is 4.56. The van der Waals surface area contributed by atoms with Crippen LogP contribution < -0.4 is 5.32 Å². The number of fused-ring (bicyclic) bond motifs is 1. The van der Waals surface area contributed by atoms with Crippen LogP contribution in [0.25, 0.3) is 0 Å². The Morgan fingerprint density at radius 3 is 2.50 bits per heavy atom. The van der Waals surface area contributed by atoms with Crippen LogP contribution in [-0.4, -0.2) is 30.1 Å². The summed E-state index contributed by atoms with van der Waals surface area (Å²) >= 11 is 0. The average Bonchev–Trinajstić information content (AvgIpc) is 2.26. The Balaban J connectivity index is 2.73. The highest BCUT2D eigenvalue weighted by molar-refractivity contribution is 8.06. The number of sulfone groups is 1. The van der Waals surface area contributed by atoms with E-state index in [1.54, 1.807) is 0 Å². The maximum atomic E-state index is 12.0. The van der Waals surface area contributed by atoms with E-state index in [-0.39, 0.29) is 16.1 Å². The van der Waals surface area contributed by atoms with Gasteiger partial charge in [-0.3, -0.25) is 4.79 Å². The third-order valence-electron chi connectivity index (χ3n) is 2.72. The number of hydrogen-bond donors (Lipinski definition) is 2. The Morgan fingerprint density at radius 2 is 1.94 bits per heavy atom. The summed E-state index contributed by atoms with van der Waals surface area (Å²) < 4.78 is 24.0. The van der Waals surface area contributed by atoms with E-state index < -0.39 is 26.5 Å². The lowest BCUT2D eigenvalue weighted by atomic mass is 10.1. The summed E-state index contributed by atoms with van der Waals surface area (Å²) in [4.78, 5) is 22.3. The van der Waals surface area contributed by atoms with Gasteiger partial charge < -0.3 is 10.4 Å². The molecular formula is C11H11NO5S. The van der Waals surface area contributed by atoms with Gasteiger partial charge in [0.15, 0.2) is 0 Å². The molecule has 1 heterocycles. The predicted octanol–water partition coefficient (Wildman–Crippen LogP) is 0.889. The van der Waals surface area contributed by atoms with E-state index in [4.69, 9.17) is 5.11 Å². The van der Waals surface area contributed by atoms with Crippen molar-refractivity contribution in [3.05, 3.63) is 23.8 Å². The van der Waals surface area contributed by atoms with Crippen molar-refractivity contribution in [2.75, 3.05) is 5.32 Å². The molecule has 7 heteroatoms. The number of hydrogen-bond acceptors (Lipinski definition) is 5. The number of nitrogens with one attached hydrogen (secondary N) is 1. The molecule has 0 aromatic heterocycles. The summed E-state index contributed by atoms with van der Waals surface area (Å²) in [6, 6.07) is 3.63. The molecule has 18 heavy (non-hydrogen) atoms. The van der Waals surface area contributed by atoms with E-state index in [1.807, 2.05) is 0 Å². The van der Waals surface area contributed by atoms with E-state index in [1.165, 1.54) is 26.0 Å². The normalized spacial score (nSPS) is 19.8. The van der Waals surface area contributed by atoms with Crippen LogP contribution in [0.5, 0.6) is 0 Å². The molecule has 0 spiro atoms. The smallest absolute Gasteiger partial charge is 0.335 e. The van der Waals surface area contributed by atoms with Crippen molar-refractivity contribution in [1.29, 1.82) is 0 Å². The second-order valence-corrected chi connectivity index (χ2v) is 6.37. The molecule has 6 nitrogen and oxygen atoms in total. The fourth-order valence-corrected chi connectivity index (χ4v) is 3.42. The lowest BCUT2D eigenvalue weighted by Gasteiger charge is -2.31. The van der Waals surface area contributed by atoms with Gasteiger partial charge in [-0.05, 0) is 32.0 Å². The molecule has 2 rings (SSSR count). The highest BCUT2D eigenvalue weighted by Crippen LogP contribution is 2.34. The number of anilines is 1. The first-order valence-corrected chi connectivity index (χ1v) is 6.59. The summed E-state index contributed by atoms with van der Waals surface area (Å²) in [7, 11) is -4.15. The first kappa shape index (κ1) is 12.6. The molecule has 0 bridgehead atoms. The number of aromatic carboxylic acids is 1. The first-order chi connectivity index (χ1) is 8.16. The molecule has 0 amide bonds. The zero-order valence-electron chi connectivity index (χ0n) is 9.72. The number of carboxylic acid groups (broad SMARTS) is 1. The Morgan fingerprint density at radius 1 is 1.33 bits per heavy atom. The van der Waals surface area contributed by atoms with Crippen molar-refractivity contribution in [1.82, 2.24) is 0 Å². The molecule has 96 valence electrons. The number of carboxylic acids is 1. The minimum atomic E-state index is -4.15. The second kappa shape index (κ2) is 3.55. The van der Waals surface area contributed by atoms with Crippen molar-refractivity contribution in [2.24, 2.45) is 0 Å². The molecule has 0 aliphatic carbocycles. The highest BCUT2D eigenvalue weighted by atomic mass is 32.2. The van der Waals surface area contributed by atoms with Gasteiger partial charge in [-0.2, -0.15) is 0 Å². The molecule has 1 aromatic rings. The van der Waals surface area contributed by atoms with Gasteiger partial charge in [0, 0.05) is 0 Å². The highest BCUT2D eigenvalue weighted by Gasteiger charge is 2.44. The number of benzene rings is 1. The zero-order valence-corrected chi connectivity index (χ0v) is 10.5. The summed E-state index contributed by atoms with van der Waals surface area (Å²) in [6.07, 6.45) is 0. The minimum absolute atomic E-state index is 0.174. The summed E-state index contributed by atoms with van der Waals surface area (Å²) in [5.74, 6) is -1.25. The third-order valence-corrected chi connectivity index (χ3v) is 4.63. The monoisotopic (exact) mass is 269 g/mol. The lowest BCUT2D eigenvalue weighted by molar-refractivity contribution is -0.114. The molecule has 1 aliphatic heterocycles. The van der Waals surface area contributed by atoms with Gasteiger partial charge in [0.1, 0.15) is 5.54 Å². The summed E-state index contributed by atoms with van der Waals surface area (Å²) in [5.41, 5.74) is -1.16. The summed E-state index contributed by atoms with van der Waals surface area (Å²) in [5, 5.41) is 10.6. The zero-order chi connectivity index (χ0) is 13.7. The quantitative estimate of drug-likeness (QED) is 0.785. The number of carbonyl (C=O) groups is 2. The Hall–Kier alpha value is -1.89. The molecule has 1 aliphatic rings. The largest absolute Gasteiger partial charge is 0.478 e. The third kappa shape index (κ3) is 1.67. The van der Waals surface area contributed by atoms with Crippen LogP contribution in [-0.2, 0) is 14.6 Å². The average molecular weight is 269 g/mol. The predicted molar refractivity (Wildman–Crippen MR) is 63.3 cm³/mol. The van der Waals surface area contributed by atoms with Gasteiger partial charge >= 0.3 is 5.97 Å². The van der Waals surface area contributed by atoms with Crippen LogP contribution in [0.3, 0.4) is 0 Å². The van der Waals surface area contributed by atoms with Crippen molar-refractivity contribution in [3.8, 4) is 0 Å². The first-order valence-electron chi connectivity index (χ1n) is 5.11.